The molecule has 2 heterocycles. The average Bonchev–Trinajstić information content (AvgIpc) is 3.33. The number of carbonyl (C=O) groups is 1. The molecule has 0 aromatic carbocycles. The van der Waals surface area contributed by atoms with Crippen LogP contribution in [0.2, 0.25) is 5.15 Å². The van der Waals surface area contributed by atoms with Crippen LogP contribution < -0.4 is 4.90 Å². The number of nitrogens with zero attached hydrogens (tertiary/aromatic N) is 3. The second-order valence-electron chi connectivity index (χ2n) is 7.23. The molecule has 1 fully saturated rings. The smallest absolute Gasteiger partial charge is 0.416 e. The van der Waals surface area contributed by atoms with Crippen LogP contribution in [0.4, 0.5) is 10.6 Å². The van der Waals surface area contributed by atoms with Gasteiger partial charge >= 0.3 is 6.09 Å². The number of pyridine rings is 2. The average molecular weight is 360 g/mol. The molecule has 0 atom stereocenters. The Morgan fingerprint density at radius 3 is 2.64 bits per heavy atom. The fourth-order valence-corrected chi connectivity index (χ4v) is 2.60. The molecule has 6 heteroatoms. The first kappa shape index (κ1) is 17.7. The van der Waals surface area contributed by atoms with Gasteiger partial charge in [-0.05, 0) is 57.4 Å². The van der Waals surface area contributed by atoms with Crippen molar-refractivity contribution in [1.82, 2.24) is 9.97 Å². The lowest BCUT2D eigenvalue weighted by molar-refractivity contribution is 0.0576. The number of ether oxygens (including phenoxy) is 1. The fraction of sp³-hybridized carbons (Fsp3) is 0.421. The largest absolute Gasteiger partial charge is 0.443 e. The van der Waals surface area contributed by atoms with Gasteiger partial charge < -0.3 is 4.74 Å². The van der Waals surface area contributed by atoms with Crippen LogP contribution in [-0.4, -0.2) is 27.7 Å². The standard InChI is InChI=1S/C19H22ClN3O2/c1-19(2,3)25-18(24)23(15-8-9-15)17-6-4-5-14(22-17)11-13-7-10-16(20)21-12-13/h4-7,10,12,15H,8-9,11H2,1-3H3. The van der Waals surface area contributed by atoms with E-state index >= 15 is 0 Å². The van der Waals surface area contributed by atoms with Crippen molar-refractivity contribution in [2.45, 2.75) is 51.7 Å². The molecule has 0 spiro atoms. The second kappa shape index (κ2) is 7.00. The zero-order chi connectivity index (χ0) is 18.0. The van der Waals surface area contributed by atoms with Crippen molar-refractivity contribution < 1.29 is 9.53 Å². The van der Waals surface area contributed by atoms with Crippen LogP contribution in [0.3, 0.4) is 0 Å². The van der Waals surface area contributed by atoms with E-state index in [9.17, 15) is 4.79 Å². The molecule has 0 saturated heterocycles. The van der Waals surface area contributed by atoms with Crippen molar-refractivity contribution >= 4 is 23.5 Å². The summed E-state index contributed by atoms with van der Waals surface area (Å²) >= 11 is 5.83. The highest BCUT2D eigenvalue weighted by molar-refractivity contribution is 6.29. The van der Waals surface area contributed by atoms with Gasteiger partial charge in [-0.15, -0.1) is 0 Å². The highest BCUT2D eigenvalue weighted by atomic mass is 35.5. The maximum absolute atomic E-state index is 12.6. The number of hydrogen-bond acceptors (Lipinski definition) is 4. The van der Waals surface area contributed by atoms with E-state index in [4.69, 9.17) is 16.3 Å². The van der Waals surface area contributed by atoms with Crippen molar-refractivity contribution in [3.05, 3.63) is 52.9 Å². The Hall–Kier alpha value is -2.14. The van der Waals surface area contributed by atoms with Crippen LogP contribution in [0.25, 0.3) is 0 Å². The van der Waals surface area contributed by atoms with Gasteiger partial charge in [-0.25, -0.2) is 14.8 Å². The van der Waals surface area contributed by atoms with Gasteiger partial charge in [0.05, 0.1) is 0 Å². The summed E-state index contributed by atoms with van der Waals surface area (Å²) < 4.78 is 5.55. The highest BCUT2D eigenvalue weighted by Gasteiger charge is 2.37. The lowest BCUT2D eigenvalue weighted by Gasteiger charge is -2.27. The molecule has 1 aliphatic carbocycles. The number of anilines is 1. The molecule has 3 rings (SSSR count). The molecule has 2 aromatic heterocycles. The van der Waals surface area contributed by atoms with Crippen LogP contribution in [0, 0.1) is 0 Å². The Morgan fingerprint density at radius 1 is 1.28 bits per heavy atom. The summed E-state index contributed by atoms with van der Waals surface area (Å²) in [6.07, 6.45) is 3.99. The van der Waals surface area contributed by atoms with E-state index in [1.165, 1.54) is 0 Å². The molecule has 1 aliphatic rings. The van der Waals surface area contributed by atoms with Gasteiger partial charge in [-0.2, -0.15) is 0 Å². The summed E-state index contributed by atoms with van der Waals surface area (Å²) in [5.74, 6) is 0.635. The van der Waals surface area contributed by atoms with Crippen molar-refractivity contribution in [3.63, 3.8) is 0 Å². The first-order valence-electron chi connectivity index (χ1n) is 8.40. The quantitative estimate of drug-likeness (QED) is 0.747. The van der Waals surface area contributed by atoms with Gasteiger partial charge in [0.25, 0.3) is 0 Å². The minimum absolute atomic E-state index is 0.176. The van der Waals surface area contributed by atoms with E-state index in [-0.39, 0.29) is 12.1 Å². The molecule has 0 bridgehead atoms. The van der Waals surface area contributed by atoms with Crippen molar-refractivity contribution in [1.29, 1.82) is 0 Å². The summed E-state index contributed by atoms with van der Waals surface area (Å²) in [4.78, 5) is 23.0. The number of hydrogen-bond donors (Lipinski definition) is 0. The van der Waals surface area contributed by atoms with Gasteiger partial charge in [0.2, 0.25) is 0 Å². The zero-order valence-electron chi connectivity index (χ0n) is 14.7. The predicted octanol–water partition coefficient (Wildman–Crippen LogP) is 4.62. The van der Waals surface area contributed by atoms with Crippen LogP contribution >= 0.6 is 11.6 Å². The third kappa shape index (κ3) is 4.92. The lowest BCUT2D eigenvalue weighted by atomic mass is 10.1. The predicted molar refractivity (Wildman–Crippen MR) is 98.0 cm³/mol. The number of halogens is 1. The Labute approximate surface area is 153 Å². The fourth-order valence-electron chi connectivity index (χ4n) is 2.49. The second-order valence-corrected chi connectivity index (χ2v) is 7.62. The monoisotopic (exact) mass is 359 g/mol. The minimum atomic E-state index is -0.531. The third-order valence-electron chi connectivity index (χ3n) is 3.71. The molecule has 0 N–H and O–H groups in total. The summed E-state index contributed by atoms with van der Waals surface area (Å²) in [6.45, 7) is 5.61. The maximum atomic E-state index is 12.6. The summed E-state index contributed by atoms with van der Waals surface area (Å²) in [5, 5.41) is 0.468. The van der Waals surface area contributed by atoms with Crippen LogP contribution in [0.1, 0.15) is 44.9 Å². The van der Waals surface area contributed by atoms with Gasteiger partial charge in [-0.1, -0.05) is 23.7 Å². The first-order chi connectivity index (χ1) is 11.8. The van der Waals surface area contributed by atoms with Crippen molar-refractivity contribution in [3.8, 4) is 0 Å². The van der Waals surface area contributed by atoms with Crippen molar-refractivity contribution in [2.24, 2.45) is 0 Å². The van der Waals surface area contributed by atoms with E-state index in [0.29, 0.717) is 17.4 Å². The number of amides is 1. The Kier molecular flexibility index (Phi) is 4.95. The highest BCUT2D eigenvalue weighted by Crippen LogP contribution is 2.32. The molecule has 0 unspecified atom stereocenters. The van der Waals surface area contributed by atoms with E-state index in [1.807, 2.05) is 45.0 Å². The molecule has 132 valence electrons. The van der Waals surface area contributed by atoms with Gasteiger partial charge in [0, 0.05) is 24.4 Å². The lowest BCUT2D eigenvalue weighted by Crippen LogP contribution is -2.38. The molecule has 1 amide bonds. The molecule has 0 radical (unpaired) electrons. The molecule has 1 saturated carbocycles. The molecular formula is C19H22ClN3O2. The topological polar surface area (TPSA) is 55.3 Å². The molecule has 0 aliphatic heterocycles. The van der Waals surface area contributed by atoms with Gasteiger partial charge in [-0.3, -0.25) is 4.90 Å². The van der Waals surface area contributed by atoms with Crippen LogP contribution in [0.15, 0.2) is 36.5 Å². The van der Waals surface area contributed by atoms with Crippen LogP contribution in [0.5, 0.6) is 0 Å². The van der Waals surface area contributed by atoms with Gasteiger partial charge in [0.15, 0.2) is 0 Å². The first-order valence-corrected chi connectivity index (χ1v) is 8.78. The normalized spacial score (nSPS) is 14.2. The number of aromatic nitrogens is 2. The van der Waals surface area contributed by atoms with E-state index in [0.717, 1.165) is 24.1 Å². The Bertz CT molecular complexity index is 752. The summed E-state index contributed by atoms with van der Waals surface area (Å²) in [6, 6.07) is 9.58. The minimum Gasteiger partial charge on any atom is -0.443 e. The summed E-state index contributed by atoms with van der Waals surface area (Å²) in [5.41, 5.74) is 1.36. The zero-order valence-corrected chi connectivity index (χ0v) is 15.5. The summed E-state index contributed by atoms with van der Waals surface area (Å²) in [7, 11) is 0. The molecule has 5 nitrogen and oxygen atoms in total. The van der Waals surface area contributed by atoms with Crippen molar-refractivity contribution in [2.75, 3.05) is 4.90 Å². The van der Waals surface area contributed by atoms with E-state index in [2.05, 4.69) is 9.97 Å². The Morgan fingerprint density at radius 2 is 2.04 bits per heavy atom. The number of rotatable bonds is 4. The maximum Gasteiger partial charge on any atom is 0.416 e. The SMILES string of the molecule is CC(C)(C)OC(=O)N(c1cccc(Cc2ccc(Cl)nc2)n1)C1CC1. The molecular weight excluding hydrogens is 338 g/mol. The van der Waals surface area contributed by atoms with Gasteiger partial charge in [0.1, 0.15) is 16.6 Å². The number of carbonyl (C=O) groups excluding carboxylic acids is 1. The van der Waals surface area contributed by atoms with Crippen LogP contribution in [-0.2, 0) is 11.2 Å². The van der Waals surface area contributed by atoms with E-state index < -0.39 is 5.60 Å². The molecule has 25 heavy (non-hydrogen) atoms. The van der Waals surface area contributed by atoms with E-state index in [1.54, 1.807) is 17.2 Å². The third-order valence-corrected chi connectivity index (χ3v) is 3.94. The Balaban J connectivity index is 1.80. The molecule has 2 aromatic rings.